The lowest BCUT2D eigenvalue weighted by atomic mass is 9.90. The lowest BCUT2D eigenvalue weighted by molar-refractivity contribution is -0.153. The lowest BCUT2D eigenvalue weighted by Gasteiger charge is -2.39. The van der Waals surface area contributed by atoms with E-state index in [1.54, 1.807) is 19.1 Å². The molecule has 2 atom stereocenters. The Labute approximate surface area is 210 Å². The fourth-order valence-corrected chi connectivity index (χ4v) is 4.62. The summed E-state index contributed by atoms with van der Waals surface area (Å²) in [5.74, 6) is -0.685. The third-order valence-electron chi connectivity index (χ3n) is 6.39. The normalized spacial score (nSPS) is 19.8. The quantitative estimate of drug-likeness (QED) is 0.460. The smallest absolute Gasteiger partial charge is 0.321 e. The van der Waals surface area contributed by atoms with Crippen LogP contribution in [-0.2, 0) is 14.3 Å². The summed E-state index contributed by atoms with van der Waals surface area (Å²) in [6.07, 6.45) is 0. The second-order valence-electron chi connectivity index (χ2n) is 8.35. The third-order valence-corrected chi connectivity index (χ3v) is 6.39. The van der Waals surface area contributed by atoms with Gasteiger partial charge in [-0.1, -0.05) is 18.2 Å². The summed E-state index contributed by atoms with van der Waals surface area (Å²) in [4.78, 5) is 35.3. The van der Waals surface area contributed by atoms with Crippen molar-refractivity contribution in [3.8, 4) is 17.2 Å². The number of methoxy groups -OCH3 is 3. The summed E-state index contributed by atoms with van der Waals surface area (Å²) in [7, 11) is 4.52. The number of rotatable bonds is 7. The van der Waals surface area contributed by atoms with E-state index in [9.17, 15) is 9.59 Å². The predicted molar refractivity (Wildman–Crippen MR) is 135 cm³/mol. The molecule has 4 rings (SSSR count). The number of esters is 1. The SMILES string of the molecule is CCOC(=O)[C@@H]1C(=O)NC(N2CCN(c3ccccc3)CC2)=N[C@@H]1c1ccc(OC)c(OC)c1OC. The summed E-state index contributed by atoms with van der Waals surface area (Å²) in [6, 6.07) is 12.8. The first-order valence-corrected chi connectivity index (χ1v) is 11.9. The van der Waals surface area contributed by atoms with Crippen molar-refractivity contribution < 1.29 is 28.5 Å². The van der Waals surface area contributed by atoms with Crippen LogP contribution >= 0.6 is 0 Å². The summed E-state index contributed by atoms with van der Waals surface area (Å²) < 4.78 is 21.8. The highest BCUT2D eigenvalue weighted by Gasteiger charge is 2.44. The van der Waals surface area contributed by atoms with Gasteiger partial charge in [0.1, 0.15) is 6.04 Å². The number of benzene rings is 2. The summed E-state index contributed by atoms with van der Waals surface area (Å²) >= 11 is 0. The Bertz CT molecular complexity index is 1110. The summed E-state index contributed by atoms with van der Waals surface area (Å²) in [6.45, 7) is 4.71. The van der Waals surface area contributed by atoms with Gasteiger partial charge in [0.05, 0.1) is 27.9 Å². The van der Waals surface area contributed by atoms with Gasteiger partial charge in [-0.3, -0.25) is 14.9 Å². The van der Waals surface area contributed by atoms with E-state index in [0.29, 0.717) is 41.9 Å². The molecule has 192 valence electrons. The highest BCUT2D eigenvalue weighted by Crippen LogP contribution is 2.45. The monoisotopic (exact) mass is 496 g/mol. The Balaban J connectivity index is 1.68. The highest BCUT2D eigenvalue weighted by molar-refractivity contribution is 6.08. The third kappa shape index (κ3) is 4.89. The number of hydrogen-bond donors (Lipinski definition) is 1. The maximum atomic E-state index is 13.3. The molecule has 0 aromatic heterocycles. The van der Waals surface area contributed by atoms with Crippen molar-refractivity contribution in [2.24, 2.45) is 10.9 Å². The summed E-state index contributed by atoms with van der Waals surface area (Å²) in [5.41, 5.74) is 1.69. The Morgan fingerprint density at radius 2 is 1.61 bits per heavy atom. The number of aliphatic imine (C=N–C) groups is 1. The van der Waals surface area contributed by atoms with Crippen LogP contribution in [0, 0.1) is 5.92 Å². The van der Waals surface area contributed by atoms with Gasteiger partial charge < -0.3 is 28.7 Å². The molecule has 0 spiro atoms. The van der Waals surface area contributed by atoms with E-state index in [1.807, 2.05) is 23.1 Å². The second kappa shape index (κ2) is 11.2. The van der Waals surface area contributed by atoms with Crippen molar-refractivity contribution in [2.45, 2.75) is 13.0 Å². The molecule has 0 saturated carbocycles. The molecule has 0 bridgehead atoms. The van der Waals surface area contributed by atoms with Crippen LogP contribution in [0.15, 0.2) is 47.5 Å². The van der Waals surface area contributed by atoms with E-state index < -0.39 is 23.8 Å². The van der Waals surface area contributed by atoms with Crippen molar-refractivity contribution in [2.75, 3.05) is 59.0 Å². The fourth-order valence-electron chi connectivity index (χ4n) is 4.62. The zero-order valence-electron chi connectivity index (χ0n) is 21.0. The number of amides is 1. The topological polar surface area (TPSA) is 102 Å². The number of anilines is 1. The number of hydrogen-bond acceptors (Lipinski definition) is 9. The van der Waals surface area contributed by atoms with Crippen molar-refractivity contribution in [3.05, 3.63) is 48.0 Å². The number of para-hydroxylation sites is 1. The molecule has 10 nitrogen and oxygen atoms in total. The maximum Gasteiger partial charge on any atom is 0.321 e. The van der Waals surface area contributed by atoms with Gasteiger partial charge in [-0.15, -0.1) is 0 Å². The molecular weight excluding hydrogens is 464 g/mol. The Morgan fingerprint density at radius 3 is 2.22 bits per heavy atom. The van der Waals surface area contributed by atoms with Gasteiger partial charge in [-0.05, 0) is 31.2 Å². The van der Waals surface area contributed by atoms with Crippen molar-refractivity contribution >= 4 is 23.5 Å². The van der Waals surface area contributed by atoms with Crippen LogP contribution in [0.5, 0.6) is 17.2 Å². The average molecular weight is 497 g/mol. The van der Waals surface area contributed by atoms with Crippen molar-refractivity contribution in [1.29, 1.82) is 0 Å². The minimum atomic E-state index is -1.17. The molecule has 1 amide bonds. The van der Waals surface area contributed by atoms with Crippen LogP contribution in [0.4, 0.5) is 5.69 Å². The van der Waals surface area contributed by atoms with Crippen LogP contribution in [0.1, 0.15) is 18.5 Å². The average Bonchev–Trinajstić information content (AvgIpc) is 2.92. The molecular formula is C26H32N4O6. The lowest BCUT2D eigenvalue weighted by Crippen LogP contribution is -2.57. The first-order valence-electron chi connectivity index (χ1n) is 11.9. The number of piperazine rings is 1. The molecule has 2 aromatic rings. The zero-order valence-corrected chi connectivity index (χ0v) is 21.0. The number of nitrogens with one attached hydrogen (secondary N) is 1. The molecule has 1 saturated heterocycles. The largest absolute Gasteiger partial charge is 0.493 e. The molecule has 1 fully saturated rings. The molecule has 2 aliphatic rings. The van der Waals surface area contributed by atoms with Gasteiger partial charge >= 0.3 is 5.97 Å². The van der Waals surface area contributed by atoms with Gasteiger partial charge in [0.25, 0.3) is 0 Å². The van der Waals surface area contributed by atoms with Crippen LogP contribution < -0.4 is 24.4 Å². The number of carbonyl (C=O) groups excluding carboxylic acids is 2. The predicted octanol–water partition coefficient (Wildman–Crippen LogP) is 2.24. The minimum Gasteiger partial charge on any atom is -0.493 e. The molecule has 0 aliphatic carbocycles. The Hall–Kier alpha value is -3.95. The van der Waals surface area contributed by atoms with Gasteiger partial charge in [-0.2, -0.15) is 0 Å². The minimum absolute atomic E-state index is 0.149. The molecule has 2 aliphatic heterocycles. The van der Waals surface area contributed by atoms with Gasteiger partial charge in [0.2, 0.25) is 17.6 Å². The number of ether oxygens (including phenoxy) is 4. The molecule has 2 aromatic carbocycles. The first-order chi connectivity index (χ1) is 17.5. The van der Waals surface area contributed by atoms with E-state index in [2.05, 4.69) is 22.3 Å². The first kappa shape index (κ1) is 25.2. The van der Waals surface area contributed by atoms with Crippen LogP contribution in [0.25, 0.3) is 0 Å². The van der Waals surface area contributed by atoms with Crippen molar-refractivity contribution in [3.63, 3.8) is 0 Å². The molecule has 1 N–H and O–H groups in total. The Kier molecular flexibility index (Phi) is 7.82. The van der Waals surface area contributed by atoms with Gasteiger partial charge in [0, 0.05) is 37.4 Å². The molecule has 0 radical (unpaired) electrons. The second-order valence-corrected chi connectivity index (χ2v) is 8.35. The molecule has 10 heteroatoms. The molecule has 2 heterocycles. The van der Waals surface area contributed by atoms with E-state index in [-0.39, 0.29) is 6.61 Å². The van der Waals surface area contributed by atoms with Crippen LogP contribution in [-0.4, -0.2) is 76.9 Å². The highest BCUT2D eigenvalue weighted by atomic mass is 16.5. The van der Waals surface area contributed by atoms with Gasteiger partial charge in [-0.25, -0.2) is 4.99 Å². The molecule has 0 unspecified atom stereocenters. The summed E-state index contributed by atoms with van der Waals surface area (Å²) in [5, 5.41) is 2.84. The van der Waals surface area contributed by atoms with E-state index in [1.165, 1.54) is 21.3 Å². The molecule has 36 heavy (non-hydrogen) atoms. The fraction of sp³-hybridized carbons (Fsp3) is 0.423. The Morgan fingerprint density at radius 1 is 0.944 bits per heavy atom. The van der Waals surface area contributed by atoms with E-state index in [4.69, 9.17) is 23.9 Å². The number of nitrogens with zero attached hydrogens (tertiary/aromatic N) is 3. The number of carbonyl (C=O) groups is 2. The standard InChI is InChI=1S/C26H32N4O6/c1-5-36-25(32)20-21(18-11-12-19(33-2)23(35-4)22(18)34-3)27-26(28-24(20)31)30-15-13-29(14-16-30)17-9-7-6-8-10-17/h6-12,20-21H,5,13-16H2,1-4H3,(H,27,28,31)/t20-,21+/m0/s1. The van der Waals surface area contributed by atoms with Gasteiger partial charge in [0.15, 0.2) is 17.4 Å². The zero-order chi connectivity index (χ0) is 25.7. The van der Waals surface area contributed by atoms with Crippen LogP contribution in [0.2, 0.25) is 0 Å². The number of guanidine groups is 1. The van der Waals surface area contributed by atoms with Crippen LogP contribution in [0.3, 0.4) is 0 Å². The maximum absolute atomic E-state index is 13.3. The van der Waals surface area contributed by atoms with Crippen molar-refractivity contribution in [1.82, 2.24) is 10.2 Å². The van der Waals surface area contributed by atoms with E-state index in [0.717, 1.165) is 18.8 Å². The van der Waals surface area contributed by atoms with E-state index >= 15 is 0 Å².